The molecule has 1 atom stereocenters. The summed E-state index contributed by atoms with van der Waals surface area (Å²) in [4.78, 5) is 0. The van der Waals surface area contributed by atoms with Crippen LogP contribution in [0.5, 0.6) is 0 Å². The van der Waals surface area contributed by atoms with E-state index in [0.717, 1.165) is 5.56 Å². The molecule has 0 fully saturated rings. The molecule has 0 aromatic heterocycles. The Kier molecular flexibility index (Phi) is 3.87. The number of halogens is 2. The highest BCUT2D eigenvalue weighted by Crippen LogP contribution is 2.21. The molecule has 0 amide bonds. The Morgan fingerprint density at radius 3 is 2.23 bits per heavy atom. The molecule has 0 heterocycles. The first-order chi connectivity index (χ1) is 6.20. The number of hydrogen-bond acceptors (Lipinski definition) is 0. The summed E-state index contributed by atoms with van der Waals surface area (Å²) in [5, 5.41) is 0. The van der Waals surface area contributed by atoms with Crippen LogP contribution in [0, 0.1) is 0 Å². The molecule has 0 N–H and O–H groups in total. The minimum absolute atomic E-state index is 0.00391. The first-order valence-corrected chi connectivity index (χ1v) is 4.53. The van der Waals surface area contributed by atoms with E-state index in [-0.39, 0.29) is 12.3 Å². The third kappa shape index (κ3) is 3.53. The second-order valence-electron chi connectivity index (χ2n) is 3.28. The van der Waals surface area contributed by atoms with E-state index in [9.17, 15) is 8.78 Å². The van der Waals surface area contributed by atoms with Crippen molar-refractivity contribution in [1.82, 2.24) is 0 Å². The van der Waals surface area contributed by atoms with Gasteiger partial charge in [-0.1, -0.05) is 37.3 Å². The number of hydrogen-bond donors (Lipinski definition) is 0. The highest BCUT2D eigenvalue weighted by molar-refractivity contribution is 5.18. The summed E-state index contributed by atoms with van der Waals surface area (Å²) >= 11 is 0. The summed E-state index contributed by atoms with van der Waals surface area (Å²) in [6.45, 7) is 1.98. The Labute approximate surface area is 77.6 Å². The molecule has 1 unspecified atom stereocenters. The van der Waals surface area contributed by atoms with Gasteiger partial charge in [-0.2, -0.15) is 0 Å². The number of alkyl halides is 2. The van der Waals surface area contributed by atoms with Crippen molar-refractivity contribution in [2.45, 2.75) is 32.1 Å². The molecule has 72 valence electrons. The van der Waals surface area contributed by atoms with E-state index >= 15 is 0 Å². The van der Waals surface area contributed by atoms with Gasteiger partial charge in [-0.05, 0) is 17.9 Å². The molecule has 0 radical (unpaired) electrons. The molecule has 2 heteroatoms. The summed E-state index contributed by atoms with van der Waals surface area (Å²) in [6.07, 6.45) is -1.62. The van der Waals surface area contributed by atoms with Gasteiger partial charge in [0.25, 0.3) is 0 Å². The average molecular weight is 184 g/mol. The van der Waals surface area contributed by atoms with Gasteiger partial charge < -0.3 is 0 Å². The van der Waals surface area contributed by atoms with E-state index in [1.54, 1.807) is 0 Å². The van der Waals surface area contributed by atoms with Gasteiger partial charge in [0.1, 0.15) is 0 Å². The highest BCUT2D eigenvalue weighted by atomic mass is 19.3. The van der Waals surface area contributed by atoms with Gasteiger partial charge in [0.15, 0.2) is 0 Å². The van der Waals surface area contributed by atoms with Gasteiger partial charge in [-0.15, -0.1) is 0 Å². The highest BCUT2D eigenvalue weighted by Gasteiger charge is 2.08. The van der Waals surface area contributed by atoms with Crippen LogP contribution < -0.4 is 0 Å². The van der Waals surface area contributed by atoms with Gasteiger partial charge in [0, 0.05) is 6.42 Å². The van der Waals surface area contributed by atoms with Crippen molar-refractivity contribution in [3.05, 3.63) is 35.9 Å². The molecule has 0 saturated carbocycles. The zero-order valence-electron chi connectivity index (χ0n) is 7.71. The van der Waals surface area contributed by atoms with Gasteiger partial charge >= 0.3 is 0 Å². The van der Waals surface area contributed by atoms with Crippen LogP contribution in [-0.4, -0.2) is 6.43 Å². The lowest BCUT2D eigenvalue weighted by atomic mass is 9.96. The second-order valence-corrected chi connectivity index (χ2v) is 3.28. The molecule has 0 spiro atoms. The van der Waals surface area contributed by atoms with Gasteiger partial charge in [-0.3, -0.25) is 0 Å². The quantitative estimate of drug-likeness (QED) is 0.667. The molecule has 0 saturated heterocycles. The van der Waals surface area contributed by atoms with Crippen LogP contribution >= 0.6 is 0 Å². The van der Waals surface area contributed by atoms with E-state index in [4.69, 9.17) is 0 Å². The summed E-state index contributed by atoms with van der Waals surface area (Å²) in [7, 11) is 0. The molecule has 13 heavy (non-hydrogen) atoms. The maximum atomic E-state index is 11.9. The summed E-state index contributed by atoms with van der Waals surface area (Å²) in [5.74, 6) is 0.232. The Morgan fingerprint density at radius 2 is 1.69 bits per heavy atom. The lowest BCUT2D eigenvalue weighted by Crippen LogP contribution is -1.97. The summed E-state index contributed by atoms with van der Waals surface area (Å²) in [6, 6.07) is 9.78. The van der Waals surface area contributed by atoms with E-state index in [2.05, 4.69) is 0 Å². The van der Waals surface area contributed by atoms with Crippen LogP contribution in [0.1, 0.15) is 31.2 Å². The van der Waals surface area contributed by atoms with Crippen LogP contribution in [-0.2, 0) is 0 Å². The molecule has 0 aliphatic carbocycles. The maximum absolute atomic E-state index is 11.9. The topological polar surface area (TPSA) is 0 Å². The molecular weight excluding hydrogens is 170 g/mol. The Bertz CT molecular complexity index is 231. The molecule has 1 rings (SSSR count). The van der Waals surface area contributed by atoms with Crippen LogP contribution in [0.3, 0.4) is 0 Å². The van der Waals surface area contributed by atoms with Crippen molar-refractivity contribution in [3.63, 3.8) is 0 Å². The minimum atomic E-state index is -2.17. The number of rotatable bonds is 4. The first kappa shape index (κ1) is 10.2. The van der Waals surface area contributed by atoms with Crippen molar-refractivity contribution in [3.8, 4) is 0 Å². The van der Waals surface area contributed by atoms with Crippen LogP contribution in [0.15, 0.2) is 30.3 Å². The molecule has 0 bridgehead atoms. The van der Waals surface area contributed by atoms with Crippen molar-refractivity contribution in [2.24, 2.45) is 0 Å². The van der Waals surface area contributed by atoms with Crippen molar-refractivity contribution < 1.29 is 8.78 Å². The largest absolute Gasteiger partial charge is 0.238 e. The van der Waals surface area contributed by atoms with Crippen molar-refractivity contribution in [2.75, 3.05) is 0 Å². The smallest absolute Gasteiger partial charge is 0.211 e. The van der Waals surface area contributed by atoms with E-state index in [0.29, 0.717) is 6.42 Å². The SMILES string of the molecule is CC(CCC(F)F)c1ccccc1. The standard InChI is InChI=1S/C11H14F2/c1-9(7-8-11(12)13)10-5-3-2-4-6-10/h2-6,9,11H,7-8H2,1H3. The van der Waals surface area contributed by atoms with Crippen LogP contribution in [0.4, 0.5) is 8.78 Å². The lowest BCUT2D eigenvalue weighted by molar-refractivity contribution is 0.132. The van der Waals surface area contributed by atoms with Gasteiger partial charge in [0.2, 0.25) is 6.43 Å². The van der Waals surface area contributed by atoms with Crippen LogP contribution in [0.25, 0.3) is 0 Å². The Hall–Kier alpha value is -0.920. The zero-order chi connectivity index (χ0) is 9.68. The monoisotopic (exact) mass is 184 g/mol. The summed E-state index contributed by atoms with van der Waals surface area (Å²) in [5.41, 5.74) is 1.14. The molecule has 1 aromatic rings. The van der Waals surface area contributed by atoms with Crippen molar-refractivity contribution in [1.29, 1.82) is 0 Å². The first-order valence-electron chi connectivity index (χ1n) is 4.53. The average Bonchev–Trinajstić information content (AvgIpc) is 2.15. The maximum Gasteiger partial charge on any atom is 0.238 e. The van der Waals surface area contributed by atoms with E-state index in [1.807, 2.05) is 37.3 Å². The Morgan fingerprint density at radius 1 is 1.08 bits per heavy atom. The predicted octanol–water partition coefficient (Wildman–Crippen LogP) is 3.84. The lowest BCUT2D eigenvalue weighted by Gasteiger charge is -2.10. The van der Waals surface area contributed by atoms with Crippen molar-refractivity contribution >= 4 is 0 Å². The zero-order valence-corrected chi connectivity index (χ0v) is 7.71. The second kappa shape index (κ2) is 4.95. The normalized spacial score (nSPS) is 13.2. The fourth-order valence-corrected chi connectivity index (χ4v) is 1.32. The van der Waals surface area contributed by atoms with Crippen LogP contribution in [0.2, 0.25) is 0 Å². The third-order valence-corrected chi connectivity index (χ3v) is 2.19. The minimum Gasteiger partial charge on any atom is -0.211 e. The number of benzene rings is 1. The molecule has 0 aliphatic heterocycles. The van der Waals surface area contributed by atoms with Gasteiger partial charge in [0.05, 0.1) is 0 Å². The molecule has 0 aliphatic rings. The molecular formula is C11H14F2. The van der Waals surface area contributed by atoms with E-state index in [1.165, 1.54) is 0 Å². The van der Waals surface area contributed by atoms with Gasteiger partial charge in [-0.25, -0.2) is 8.78 Å². The Balaban J connectivity index is 2.44. The molecule has 1 aromatic carbocycles. The molecule has 0 nitrogen and oxygen atoms in total. The van der Waals surface area contributed by atoms with E-state index < -0.39 is 6.43 Å². The fourth-order valence-electron chi connectivity index (χ4n) is 1.32. The third-order valence-electron chi connectivity index (χ3n) is 2.19. The fraction of sp³-hybridized carbons (Fsp3) is 0.455. The summed E-state index contributed by atoms with van der Waals surface area (Å²) < 4.78 is 23.8. The predicted molar refractivity (Wildman–Crippen MR) is 50.1 cm³/mol.